The van der Waals surface area contributed by atoms with Crippen LogP contribution in [0, 0.1) is 0 Å². The number of benzene rings is 2. The van der Waals surface area contributed by atoms with Crippen molar-refractivity contribution in [2.24, 2.45) is 0 Å². The highest BCUT2D eigenvalue weighted by molar-refractivity contribution is 7.89. The fourth-order valence-corrected chi connectivity index (χ4v) is 5.25. The van der Waals surface area contributed by atoms with E-state index in [0.717, 1.165) is 31.2 Å². The second-order valence-electron chi connectivity index (χ2n) is 8.33. The Balaban J connectivity index is 1.47. The Hall–Kier alpha value is -2.97. The van der Waals surface area contributed by atoms with Crippen LogP contribution in [-0.2, 0) is 30.8 Å². The first kappa shape index (κ1) is 25.6. The highest BCUT2D eigenvalue weighted by Gasteiger charge is 2.24. The van der Waals surface area contributed by atoms with Crippen molar-refractivity contribution in [2.45, 2.75) is 50.0 Å². The predicted molar refractivity (Wildman–Crippen MR) is 131 cm³/mol. The van der Waals surface area contributed by atoms with E-state index < -0.39 is 22.1 Å². The second kappa shape index (κ2) is 12.5. The molecule has 0 spiro atoms. The summed E-state index contributed by atoms with van der Waals surface area (Å²) in [4.78, 5) is 24.5. The van der Waals surface area contributed by atoms with E-state index in [1.807, 2.05) is 30.3 Å². The number of carbonyl (C=O) groups is 2. The number of nitrogens with one attached hydrogen (secondary N) is 1. The van der Waals surface area contributed by atoms with Gasteiger partial charge in [0.15, 0.2) is 6.10 Å². The van der Waals surface area contributed by atoms with E-state index in [-0.39, 0.29) is 10.8 Å². The highest BCUT2D eigenvalue weighted by atomic mass is 32.2. The Kier molecular flexibility index (Phi) is 9.42. The molecule has 0 aromatic heterocycles. The van der Waals surface area contributed by atoms with Crippen molar-refractivity contribution in [1.82, 2.24) is 9.62 Å². The van der Waals surface area contributed by atoms with E-state index >= 15 is 0 Å². The van der Waals surface area contributed by atoms with Gasteiger partial charge in [0.25, 0.3) is 5.91 Å². The molecule has 1 fully saturated rings. The molecular formula is C26H32N2O5S. The number of esters is 1. The highest BCUT2D eigenvalue weighted by Crippen LogP contribution is 2.21. The van der Waals surface area contributed by atoms with Gasteiger partial charge >= 0.3 is 5.97 Å². The number of hydrogen-bond acceptors (Lipinski definition) is 5. The van der Waals surface area contributed by atoms with Gasteiger partial charge in [0.05, 0.1) is 4.90 Å². The smallest absolute Gasteiger partial charge is 0.331 e. The quantitative estimate of drug-likeness (QED) is 0.434. The van der Waals surface area contributed by atoms with E-state index in [0.29, 0.717) is 31.6 Å². The summed E-state index contributed by atoms with van der Waals surface area (Å²) in [6.07, 6.45) is 6.40. The van der Waals surface area contributed by atoms with Crippen molar-refractivity contribution in [3.8, 4) is 0 Å². The van der Waals surface area contributed by atoms with Gasteiger partial charge in [-0.3, -0.25) is 4.79 Å². The standard InChI is InChI=1S/C26H32N2O5S/c1-21(26(30)27-18-17-22-9-5-4-6-10-22)33-25(29)16-13-23-11-14-24(15-12-23)34(31,32)28-19-7-2-3-8-20-28/h4-6,9-16,21H,2-3,7-8,17-20H2,1H3,(H,27,30)/b16-13+. The number of carbonyl (C=O) groups excluding carboxylic acids is 2. The Bertz CT molecular complexity index is 1070. The number of nitrogens with zero attached hydrogens (tertiary/aromatic N) is 1. The third-order valence-electron chi connectivity index (χ3n) is 5.71. The molecule has 1 aliphatic heterocycles. The van der Waals surface area contributed by atoms with Crippen LogP contribution in [-0.4, -0.2) is 50.3 Å². The number of amides is 1. The molecule has 7 nitrogen and oxygen atoms in total. The third-order valence-corrected chi connectivity index (χ3v) is 7.63. The SMILES string of the molecule is CC(OC(=O)/C=C/c1ccc(S(=O)(=O)N2CCCCCC2)cc1)C(=O)NCCc1ccccc1. The molecule has 1 saturated heterocycles. The van der Waals surface area contributed by atoms with Crippen LogP contribution in [0.15, 0.2) is 65.6 Å². The molecule has 2 aromatic carbocycles. The van der Waals surface area contributed by atoms with Crippen LogP contribution in [0.5, 0.6) is 0 Å². The minimum Gasteiger partial charge on any atom is -0.449 e. The van der Waals surface area contributed by atoms with Gasteiger partial charge in [0, 0.05) is 25.7 Å². The lowest BCUT2D eigenvalue weighted by atomic mass is 10.1. The van der Waals surface area contributed by atoms with Gasteiger partial charge in [-0.1, -0.05) is 55.3 Å². The number of rotatable bonds is 9. The summed E-state index contributed by atoms with van der Waals surface area (Å²) in [6, 6.07) is 16.2. The summed E-state index contributed by atoms with van der Waals surface area (Å²) < 4.78 is 32.4. The summed E-state index contributed by atoms with van der Waals surface area (Å²) >= 11 is 0. The zero-order valence-electron chi connectivity index (χ0n) is 19.5. The minimum absolute atomic E-state index is 0.245. The molecule has 1 amide bonds. The minimum atomic E-state index is -3.51. The van der Waals surface area contributed by atoms with Crippen LogP contribution >= 0.6 is 0 Å². The molecule has 34 heavy (non-hydrogen) atoms. The maximum Gasteiger partial charge on any atom is 0.331 e. The fraction of sp³-hybridized carbons (Fsp3) is 0.385. The van der Waals surface area contributed by atoms with Crippen molar-refractivity contribution in [3.63, 3.8) is 0 Å². The van der Waals surface area contributed by atoms with E-state index in [9.17, 15) is 18.0 Å². The van der Waals surface area contributed by atoms with Gasteiger partial charge in [0.2, 0.25) is 10.0 Å². The summed E-state index contributed by atoms with van der Waals surface area (Å²) in [5.74, 6) is -1.01. The van der Waals surface area contributed by atoms with Crippen LogP contribution in [0.3, 0.4) is 0 Å². The largest absolute Gasteiger partial charge is 0.449 e. The van der Waals surface area contributed by atoms with Gasteiger partial charge in [0.1, 0.15) is 0 Å². The van der Waals surface area contributed by atoms with Crippen LogP contribution in [0.1, 0.15) is 43.7 Å². The lowest BCUT2D eigenvalue weighted by molar-refractivity contribution is -0.150. The van der Waals surface area contributed by atoms with E-state index in [1.54, 1.807) is 28.6 Å². The van der Waals surface area contributed by atoms with E-state index in [2.05, 4.69) is 5.32 Å². The van der Waals surface area contributed by atoms with Gasteiger partial charge < -0.3 is 10.1 Å². The van der Waals surface area contributed by atoms with Crippen LogP contribution in [0.2, 0.25) is 0 Å². The summed E-state index contributed by atoms with van der Waals surface area (Å²) in [5, 5.41) is 2.76. The van der Waals surface area contributed by atoms with Gasteiger partial charge in [-0.15, -0.1) is 0 Å². The Morgan fingerprint density at radius 3 is 2.29 bits per heavy atom. The maximum atomic E-state index is 12.9. The molecule has 1 atom stereocenters. The van der Waals surface area contributed by atoms with E-state index in [1.165, 1.54) is 19.1 Å². The molecule has 0 aliphatic carbocycles. The first-order valence-corrected chi connectivity index (χ1v) is 13.1. The van der Waals surface area contributed by atoms with Crippen LogP contribution < -0.4 is 5.32 Å². The molecule has 1 aliphatic rings. The Labute approximate surface area is 201 Å². The fourth-order valence-electron chi connectivity index (χ4n) is 3.73. The van der Waals surface area contributed by atoms with Crippen LogP contribution in [0.4, 0.5) is 0 Å². The average Bonchev–Trinajstić information content (AvgIpc) is 3.14. The Morgan fingerprint density at radius 1 is 1.00 bits per heavy atom. The average molecular weight is 485 g/mol. The molecule has 8 heteroatoms. The molecule has 2 aromatic rings. The molecule has 1 unspecified atom stereocenters. The molecule has 0 bridgehead atoms. The summed E-state index contributed by atoms with van der Waals surface area (Å²) in [5.41, 5.74) is 1.77. The topological polar surface area (TPSA) is 92.8 Å². The zero-order chi connectivity index (χ0) is 24.4. The van der Waals surface area contributed by atoms with Crippen molar-refractivity contribution in [2.75, 3.05) is 19.6 Å². The lowest BCUT2D eigenvalue weighted by Crippen LogP contribution is -2.36. The first-order valence-electron chi connectivity index (χ1n) is 11.7. The van der Waals surface area contributed by atoms with Crippen molar-refractivity contribution < 1.29 is 22.7 Å². The number of sulfonamides is 1. The monoisotopic (exact) mass is 484 g/mol. The maximum absolute atomic E-state index is 12.9. The van der Waals surface area contributed by atoms with Crippen molar-refractivity contribution >= 4 is 28.0 Å². The molecule has 0 saturated carbocycles. The number of hydrogen-bond donors (Lipinski definition) is 1. The summed E-state index contributed by atoms with van der Waals surface area (Å²) in [7, 11) is -3.51. The molecule has 182 valence electrons. The second-order valence-corrected chi connectivity index (χ2v) is 10.3. The first-order chi connectivity index (χ1) is 16.4. The zero-order valence-corrected chi connectivity index (χ0v) is 20.3. The van der Waals surface area contributed by atoms with Crippen molar-refractivity contribution in [1.29, 1.82) is 0 Å². The normalized spacial score (nSPS) is 16.0. The number of ether oxygens (including phenoxy) is 1. The van der Waals surface area contributed by atoms with Gasteiger partial charge in [-0.05, 0) is 55.5 Å². The molecular weight excluding hydrogens is 452 g/mol. The van der Waals surface area contributed by atoms with E-state index in [4.69, 9.17) is 4.74 Å². The predicted octanol–water partition coefficient (Wildman–Crippen LogP) is 3.56. The molecule has 3 rings (SSSR count). The van der Waals surface area contributed by atoms with Crippen LogP contribution in [0.25, 0.3) is 6.08 Å². The summed E-state index contributed by atoms with van der Waals surface area (Å²) in [6.45, 7) is 3.07. The van der Waals surface area contributed by atoms with Gasteiger partial charge in [-0.25, -0.2) is 13.2 Å². The molecule has 1 heterocycles. The third kappa shape index (κ3) is 7.53. The molecule has 0 radical (unpaired) electrons. The van der Waals surface area contributed by atoms with Crippen molar-refractivity contribution in [3.05, 3.63) is 71.8 Å². The molecule has 1 N–H and O–H groups in total. The lowest BCUT2D eigenvalue weighted by Gasteiger charge is -2.19. The Morgan fingerprint density at radius 2 is 1.65 bits per heavy atom. The van der Waals surface area contributed by atoms with Gasteiger partial charge in [-0.2, -0.15) is 4.31 Å².